The van der Waals surface area contributed by atoms with Gasteiger partial charge in [0, 0.05) is 91.8 Å². The van der Waals surface area contributed by atoms with Gasteiger partial charge >= 0.3 is 75.4 Å². The average Bonchev–Trinajstić information content (AvgIpc) is 1.60. The highest BCUT2D eigenvalue weighted by Crippen LogP contribution is 2.58. The van der Waals surface area contributed by atoms with Crippen LogP contribution in [0.1, 0.15) is 37.4 Å². The van der Waals surface area contributed by atoms with Gasteiger partial charge in [-0.2, -0.15) is 15.0 Å². The minimum absolute atomic E-state index is 0.288. The highest BCUT2D eigenvalue weighted by Gasteiger charge is 2.59. The van der Waals surface area contributed by atoms with E-state index in [0.29, 0.717) is 13.7 Å². The Morgan fingerprint density at radius 3 is 0.915 bits per heavy atom. The first-order chi connectivity index (χ1) is 61.3. The molecule has 6 saturated heterocycles. The zero-order chi connectivity index (χ0) is 94.3. The largest absolute Gasteiger partial charge is 0.472 e. The Morgan fingerprint density at radius 1 is 0.354 bits per heavy atom. The zero-order valence-corrected chi connectivity index (χ0v) is 72.8. The molecule has 0 amide bonds. The lowest BCUT2D eigenvalue weighted by Crippen LogP contribution is -2.41. The van der Waals surface area contributed by atoms with Crippen LogP contribution >= 0.6 is 46.9 Å². The summed E-state index contributed by atoms with van der Waals surface area (Å²) < 4.78 is 218. The van der Waals surface area contributed by atoms with Gasteiger partial charge in [-0.3, -0.25) is 116 Å². The minimum atomic E-state index is -5.95. The van der Waals surface area contributed by atoms with Crippen molar-refractivity contribution in [1.29, 1.82) is 0 Å². The maximum Gasteiger partial charge on any atom is 0.472 e. The molecule has 130 heavy (non-hydrogen) atoms. The Labute approximate surface area is 722 Å². The standard InChI is InChI=1S/C61H83N17O46P6/c1-102-42-36(82)24(114-50(42)75-14-9-32(79)68-59(75)86)17-109-126(92,93)124-41-29(119-55(47(41)107-6)78-23-65-35-48(78)71-56(64)72-49(35)83)22-113-130(100,101)122-39-27(117-52(45(39)105-4)74-13-8-31(63)67-58(74)85)19-111-128(96,97)121-38-26(116-51(44(38)104-3)73-12-7-30(62)66-57(73)84)20-112-129(98,99)123-40-28(118-54(46(40)106-5)77-16-11-34(81)70-61(77)88)21-110-127(94,95)120-37-25(18-108-125(89,90)91)115-53(43(37)103-2)76-15-10-33(80)69-60(76)87/h7-16,23-29,36-47,50-55,82H,17-22H2,1-6H3,(H,92,93)(H,94,95)(H,96,97)(H,98,99)(H,100,101)(H2,62,66,84)(H2,63,67,85)(H,68,79,86)(H,69,80,87)(H,70,81,88)(H2,89,90,91)(H3,64,71,72,83)/t24-,25-,26-,27-,28-,29-,36-,37-,38-,39-,40-,41-,42-,43-,44-,45-,46-,47-,50-,51-,52-,53-,54-,55-/m1/s1. The number of nitrogens with zero attached hydrogens (tertiary/aromatic N) is 10. The van der Waals surface area contributed by atoms with Crippen LogP contribution in [0.4, 0.5) is 17.6 Å². The topological polar surface area (TPSA) is 853 Å². The second kappa shape index (κ2) is 40.1. The van der Waals surface area contributed by atoms with Gasteiger partial charge < -0.3 is 113 Å². The molecule has 69 heteroatoms. The van der Waals surface area contributed by atoms with E-state index < -0.39 is 290 Å². The van der Waals surface area contributed by atoms with Crippen molar-refractivity contribution in [2.75, 3.05) is 99.5 Å². The number of aliphatic hydroxyl groups is 1. The molecule has 6 fully saturated rings. The van der Waals surface area contributed by atoms with Gasteiger partial charge in [0.05, 0.1) is 46.0 Å². The Kier molecular flexibility index (Phi) is 30.6. The van der Waals surface area contributed by atoms with Gasteiger partial charge in [-0.05, 0) is 12.1 Å². The maximum absolute atomic E-state index is 14.8. The number of fused-ring (bicyclic) bond motifs is 1. The van der Waals surface area contributed by atoms with Crippen LogP contribution in [0.3, 0.4) is 0 Å². The van der Waals surface area contributed by atoms with Crippen LogP contribution in [0, 0.1) is 0 Å². The summed E-state index contributed by atoms with van der Waals surface area (Å²) in [6, 6.07) is 4.82. The number of methoxy groups -OCH3 is 6. The first-order valence-electron chi connectivity index (χ1n) is 37.4. The van der Waals surface area contributed by atoms with Crippen molar-refractivity contribution in [2.45, 2.75) is 147 Å². The van der Waals surface area contributed by atoms with Gasteiger partial charge in [-0.15, -0.1) is 0 Å². The Morgan fingerprint density at radius 2 is 0.623 bits per heavy atom. The predicted octanol–water partition coefficient (Wildman–Crippen LogP) is -6.51. The molecule has 718 valence electrons. The Bertz CT molecular complexity index is 6150. The molecule has 63 nitrogen and oxygen atoms in total. The first-order valence-corrected chi connectivity index (χ1v) is 46.4. The molecule has 0 aromatic carbocycles. The number of H-pyrrole nitrogens is 4. The number of hydrogen-bond acceptors (Lipinski definition) is 46. The second-order valence-corrected chi connectivity index (χ2v) is 36.7. The quantitative estimate of drug-likeness (QED) is 0.0159. The van der Waals surface area contributed by atoms with Gasteiger partial charge in [-0.25, -0.2) is 56.3 Å². The molecule has 5 unspecified atom stereocenters. The molecule has 6 aliphatic rings. The molecule has 7 aromatic rings. The highest BCUT2D eigenvalue weighted by atomic mass is 31.2. The van der Waals surface area contributed by atoms with E-state index in [-0.39, 0.29) is 22.8 Å². The van der Waals surface area contributed by atoms with Gasteiger partial charge in [0.15, 0.2) is 48.5 Å². The van der Waals surface area contributed by atoms with Crippen molar-refractivity contribution < 1.29 is 173 Å². The van der Waals surface area contributed by atoms with Crippen molar-refractivity contribution in [3.8, 4) is 0 Å². The molecule has 7 aromatic heterocycles. The van der Waals surface area contributed by atoms with Gasteiger partial charge in [-0.1, -0.05) is 0 Å². The molecule has 13 heterocycles. The van der Waals surface area contributed by atoms with Crippen LogP contribution in [0.2, 0.25) is 0 Å². The number of phosphoric acid groups is 6. The molecule has 0 aliphatic carbocycles. The second-order valence-electron chi connectivity index (χ2n) is 28.5. The number of nitrogens with one attached hydrogen (secondary N) is 4. The average molecular weight is 1980 g/mol. The zero-order valence-electron chi connectivity index (χ0n) is 67.4. The van der Waals surface area contributed by atoms with Crippen LogP contribution in [-0.4, -0.2) is 299 Å². The molecule has 0 bridgehead atoms. The van der Waals surface area contributed by atoms with Gasteiger partial charge in [0.1, 0.15) is 122 Å². The summed E-state index contributed by atoms with van der Waals surface area (Å²) in [5, 5.41) is 11.2. The normalized spacial score (nSPS) is 31.8. The van der Waals surface area contributed by atoms with Crippen LogP contribution < -0.4 is 67.9 Å². The molecule has 0 spiro atoms. The van der Waals surface area contributed by atoms with Gasteiger partial charge in [0.25, 0.3) is 22.2 Å². The lowest BCUT2D eigenvalue weighted by Gasteiger charge is -2.28. The van der Waals surface area contributed by atoms with Crippen LogP contribution in [0.5, 0.6) is 0 Å². The third-order valence-corrected chi connectivity index (χ3v) is 25.8. The fourth-order valence-electron chi connectivity index (χ4n) is 14.7. The Balaban J connectivity index is 0.743. The maximum atomic E-state index is 14.8. The summed E-state index contributed by atoms with van der Waals surface area (Å²) in [7, 11) is -28.4. The van der Waals surface area contributed by atoms with E-state index in [4.69, 9.17) is 119 Å². The molecule has 0 radical (unpaired) electrons. The number of rotatable bonds is 40. The monoisotopic (exact) mass is 1980 g/mol. The van der Waals surface area contributed by atoms with Crippen molar-refractivity contribution in [2.24, 2.45) is 0 Å². The highest BCUT2D eigenvalue weighted by molar-refractivity contribution is 7.48. The summed E-state index contributed by atoms with van der Waals surface area (Å²) in [5.74, 6) is -1.12. The first kappa shape index (κ1) is 99.2. The summed E-state index contributed by atoms with van der Waals surface area (Å²) in [6.45, 7) is -7.46. The smallest absolute Gasteiger partial charge is 0.387 e. The summed E-state index contributed by atoms with van der Waals surface area (Å²) in [4.78, 5) is 216. The number of phosphoric ester groups is 6. The summed E-state index contributed by atoms with van der Waals surface area (Å²) >= 11 is 0. The molecule has 6 aliphatic heterocycles. The van der Waals surface area contributed by atoms with E-state index in [9.17, 15) is 110 Å². The lowest BCUT2D eigenvalue weighted by molar-refractivity contribution is -0.0680. The number of aromatic nitrogens is 14. The number of hydrogen-bond donors (Lipinski definition) is 15. The molecule has 18 N–H and O–H groups in total. The van der Waals surface area contributed by atoms with Crippen LogP contribution in [0.25, 0.3) is 11.2 Å². The number of ether oxygens (including phenoxy) is 12. The summed E-state index contributed by atoms with van der Waals surface area (Å²) in [5.41, 5.74) is 7.65. The van der Waals surface area contributed by atoms with Crippen molar-refractivity contribution in [1.82, 2.24) is 67.3 Å². The van der Waals surface area contributed by atoms with Crippen LogP contribution in [-0.2, 0) is 134 Å². The molecular formula is C61H83N17O46P6. The van der Waals surface area contributed by atoms with Crippen molar-refractivity contribution in [3.63, 3.8) is 0 Å². The Hall–Kier alpha value is -8.31. The van der Waals surface area contributed by atoms with E-state index in [2.05, 4.69) is 29.4 Å². The van der Waals surface area contributed by atoms with E-state index in [1.807, 2.05) is 15.0 Å². The predicted molar refractivity (Wildman–Crippen MR) is 418 cm³/mol. The fourth-order valence-corrected chi connectivity index (χ4v) is 19.9. The number of aliphatic hydroxyl groups excluding tert-OH is 1. The molecule has 0 saturated carbocycles. The number of nitrogen functional groups attached to an aromatic ring is 3. The summed E-state index contributed by atoms with van der Waals surface area (Å²) in [6.07, 6.45) is -38.7. The third kappa shape index (κ3) is 22.3. The number of aromatic amines is 4. The van der Waals surface area contributed by atoms with Gasteiger partial charge in [0.2, 0.25) is 5.95 Å². The van der Waals surface area contributed by atoms with E-state index in [1.54, 1.807) is 0 Å². The number of imidazole rings is 1. The fraction of sp³-hybridized carbons (Fsp3) is 0.590. The van der Waals surface area contributed by atoms with E-state index in [1.165, 1.54) is 0 Å². The molecular weight excluding hydrogens is 1890 g/mol. The minimum Gasteiger partial charge on any atom is -0.387 e. The lowest BCUT2D eigenvalue weighted by atomic mass is 10.1. The van der Waals surface area contributed by atoms with E-state index in [0.717, 1.165) is 124 Å². The third-order valence-electron chi connectivity index (χ3n) is 20.4. The molecule has 13 rings (SSSR count). The van der Waals surface area contributed by atoms with Crippen molar-refractivity contribution >= 4 is 75.7 Å². The van der Waals surface area contributed by atoms with E-state index >= 15 is 0 Å². The number of anilines is 3. The van der Waals surface area contributed by atoms with Crippen molar-refractivity contribution in [3.05, 3.63) is 161 Å². The number of nitrogens with two attached hydrogens (primary N) is 3. The SMILES string of the molecule is CO[C@@H]1[C@H](O)[C@@H](COP(=O)(O)O[C@H]2[C@@H](OC)[C@H](n3cnc4c(=O)[nH]c(N)nc43)O[C@@H]2COP(=O)(O)O[C@H]2[C@@H](OC)[C@H](n3ccc(N)nc3=O)O[C@@H]2COP(=O)(O)O[C@H]2[C@@H](OC)[C@H](n3ccc(N)nc3=O)O[C@@H]2COP(=O)(O)O[C@H]2[C@@H](OC)[C@H](n3ccc(=O)[nH]c3=O)O[C@@H]2COP(=O)(O)O[C@H]2[C@@H](OC)[C@H](n3ccc(=O)[nH]c3=O)O[C@@H]2COP(=O)(O)O)O[C@H]1n1ccc(=O)[nH]c1=O. The van der Waals surface area contributed by atoms with Crippen LogP contribution in [0.15, 0.2) is 111 Å². The molecule has 29 atom stereocenters.